The molecule has 1 heteroatoms. The summed E-state index contributed by atoms with van der Waals surface area (Å²) in [6.07, 6.45) is 5.03. The molecule has 0 radical (unpaired) electrons. The quantitative estimate of drug-likeness (QED) is 0.747. The number of benzene rings is 1. The van der Waals surface area contributed by atoms with Crippen molar-refractivity contribution in [3.63, 3.8) is 0 Å². The van der Waals surface area contributed by atoms with Gasteiger partial charge in [-0.1, -0.05) is 53.2 Å². The van der Waals surface area contributed by atoms with E-state index >= 15 is 0 Å². The summed E-state index contributed by atoms with van der Waals surface area (Å²) in [5.74, 6) is 0. The molecule has 0 saturated heterocycles. The van der Waals surface area contributed by atoms with E-state index < -0.39 is 0 Å². The van der Waals surface area contributed by atoms with Crippen molar-refractivity contribution in [2.75, 3.05) is 5.32 Å². The smallest absolute Gasteiger partial charge is 0.0383 e. The Hall–Kier alpha value is -0.980. The second-order valence-corrected chi connectivity index (χ2v) is 8.18. The molecule has 0 aliphatic carbocycles. The molecule has 1 nitrogen and oxygen atoms in total. The van der Waals surface area contributed by atoms with Crippen molar-refractivity contribution in [2.24, 2.45) is 5.41 Å². The molecule has 0 aromatic heterocycles. The summed E-state index contributed by atoms with van der Waals surface area (Å²) in [7, 11) is 0. The van der Waals surface area contributed by atoms with E-state index in [0.29, 0.717) is 16.9 Å². The summed E-state index contributed by atoms with van der Waals surface area (Å²) in [6, 6.07) is 7.58. The molecule has 2 atom stereocenters. The topological polar surface area (TPSA) is 12.0 Å². The van der Waals surface area contributed by atoms with Crippen LogP contribution in [-0.4, -0.2) is 6.04 Å². The third kappa shape index (κ3) is 3.37. The molecule has 1 aliphatic rings. The number of fused-ring (bicyclic) bond motifs is 1. The van der Waals surface area contributed by atoms with Gasteiger partial charge in [0.15, 0.2) is 0 Å². The highest BCUT2D eigenvalue weighted by Crippen LogP contribution is 2.46. The first-order valence-electron chi connectivity index (χ1n) is 8.11. The molecule has 0 spiro atoms. The molecule has 0 saturated carbocycles. The molecule has 0 unspecified atom stereocenters. The van der Waals surface area contributed by atoms with Gasteiger partial charge in [-0.15, -0.1) is 0 Å². The third-order valence-electron chi connectivity index (χ3n) is 4.44. The predicted octanol–water partition coefficient (Wildman–Crippen LogP) is 5.67. The lowest BCUT2D eigenvalue weighted by Crippen LogP contribution is -2.40. The molecule has 0 bridgehead atoms. The van der Waals surface area contributed by atoms with Gasteiger partial charge in [0.05, 0.1) is 0 Å². The lowest BCUT2D eigenvalue weighted by Gasteiger charge is -2.44. The van der Waals surface area contributed by atoms with Crippen LogP contribution in [0.25, 0.3) is 0 Å². The fraction of sp³-hybridized carbons (Fsp3) is 0.684. The Morgan fingerprint density at radius 3 is 2.60 bits per heavy atom. The molecular formula is C19H31N. The van der Waals surface area contributed by atoms with Crippen molar-refractivity contribution in [3.05, 3.63) is 29.3 Å². The Bertz CT molecular complexity index is 469. The minimum atomic E-state index is 0.298. The van der Waals surface area contributed by atoms with Crippen LogP contribution in [0.3, 0.4) is 0 Å². The summed E-state index contributed by atoms with van der Waals surface area (Å²) in [5, 5.41) is 3.78. The van der Waals surface area contributed by atoms with Crippen molar-refractivity contribution < 1.29 is 0 Å². The summed E-state index contributed by atoms with van der Waals surface area (Å²) in [6.45, 7) is 14.0. The van der Waals surface area contributed by atoms with E-state index in [1.807, 2.05) is 0 Å². The van der Waals surface area contributed by atoms with Gasteiger partial charge in [0, 0.05) is 11.7 Å². The van der Waals surface area contributed by atoms with E-state index in [1.165, 1.54) is 42.5 Å². The first-order chi connectivity index (χ1) is 9.23. The summed E-state index contributed by atoms with van der Waals surface area (Å²) >= 11 is 0. The summed E-state index contributed by atoms with van der Waals surface area (Å²) in [4.78, 5) is 0. The van der Waals surface area contributed by atoms with Gasteiger partial charge in [-0.25, -0.2) is 0 Å². The van der Waals surface area contributed by atoms with Gasteiger partial charge in [-0.2, -0.15) is 0 Å². The van der Waals surface area contributed by atoms with Gasteiger partial charge < -0.3 is 5.32 Å². The molecule has 0 fully saturated rings. The van der Waals surface area contributed by atoms with Gasteiger partial charge in [0.2, 0.25) is 0 Å². The number of aryl methyl sites for hydroxylation is 1. The van der Waals surface area contributed by atoms with Gasteiger partial charge in [0.25, 0.3) is 0 Å². The van der Waals surface area contributed by atoms with Crippen LogP contribution >= 0.6 is 0 Å². The van der Waals surface area contributed by atoms with Crippen molar-refractivity contribution in [2.45, 2.75) is 78.7 Å². The largest absolute Gasteiger partial charge is 0.382 e. The second kappa shape index (κ2) is 5.42. The number of rotatable bonds is 3. The Morgan fingerprint density at radius 1 is 1.30 bits per heavy atom. The van der Waals surface area contributed by atoms with Gasteiger partial charge in [-0.3, -0.25) is 0 Å². The Kier molecular flexibility index (Phi) is 4.18. The third-order valence-corrected chi connectivity index (χ3v) is 4.44. The first kappa shape index (κ1) is 15.4. The maximum atomic E-state index is 3.78. The maximum absolute atomic E-state index is 3.78. The van der Waals surface area contributed by atoms with Crippen LogP contribution in [0.1, 0.15) is 71.4 Å². The molecular weight excluding hydrogens is 242 g/mol. The van der Waals surface area contributed by atoms with Crippen LogP contribution in [0.4, 0.5) is 5.69 Å². The molecule has 1 aromatic carbocycles. The first-order valence-corrected chi connectivity index (χ1v) is 8.11. The molecule has 20 heavy (non-hydrogen) atoms. The standard InChI is InChI=1S/C19H31N/c1-7-8-15-12-19(6,13-18(3,4)5)16-10-9-14(2)11-17(16)20-15/h9-11,15,20H,7-8,12-13H2,1-6H3/t15-,19+/m1/s1. The van der Waals surface area contributed by atoms with Crippen molar-refractivity contribution in [1.29, 1.82) is 0 Å². The van der Waals surface area contributed by atoms with Crippen molar-refractivity contribution >= 4 is 5.69 Å². The average molecular weight is 273 g/mol. The number of hydrogen-bond donors (Lipinski definition) is 1. The molecule has 0 amide bonds. The van der Waals surface area contributed by atoms with Crippen LogP contribution in [0, 0.1) is 12.3 Å². The van der Waals surface area contributed by atoms with Crippen molar-refractivity contribution in [1.82, 2.24) is 0 Å². The van der Waals surface area contributed by atoms with Crippen LogP contribution < -0.4 is 5.32 Å². The Balaban J connectivity index is 2.40. The summed E-state index contributed by atoms with van der Waals surface area (Å²) < 4.78 is 0. The van der Waals surface area contributed by atoms with Crippen LogP contribution in [0.5, 0.6) is 0 Å². The average Bonchev–Trinajstić information content (AvgIpc) is 2.25. The maximum Gasteiger partial charge on any atom is 0.0383 e. The number of hydrogen-bond acceptors (Lipinski definition) is 1. The highest BCUT2D eigenvalue weighted by molar-refractivity contribution is 5.59. The normalized spacial score (nSPS) is 26.0. The van der Waals surface area contributed by atoms with E-state index in [4.69, 9.17) is 0 Å². The zero-order valence-electron chi connectivity index (χ0n) is 14.1. The second-order valence-electron chi connectivity index (χ2n) is 8.18. The predicted molar refractivity (Wildman–Crippen MR) is 89.5 cm³/mol. The van der Waals surface area contributed by atoms with Gasteiger partial charge in [-0.05, 0) is 54.2 Å². The number of anilines is 1. The number of nitrogens with one attached hydrogen (secondary N) is 1. The fourth-order valence-corrected chi connectivity index (χ4v) is 4.09. The van der Waals surface area contributed by atoms with Crippen LogP contribution in [0.15, 0.2) is 18.2 Å². The highest BCUT2D eigenvalue weighted by Gasteiger charge is 2.38. The lowest BCUT2D eigenvalue weighted by molar-refractivity contribution is 0.239. The Labute approximate surface area is 125 Å². The lowest BCUT2D eigenvalue weighted by atomic mass is 9.65. The van der Waals surface area contributed by atoms with Crippen molar-refractivity contribution in [3.8, 4) is 0 Å². The highest BCUT2D eigenvalue weighted by atomic mass is 14.9. The van der Waals surface area contributed by atoms with Gasteiger partial charge >= 0.3 is 0 Å². The summed E-state index contributed by atoms with van der Waals surface area (Å²) in [5.41, 5.74) is 4.91. The molecule has 1 N–H and O–H groups in total. The molecule has 1 aliphatic heterocycles. The molecule has 1 aromatic rings. The van der Waals surface area contributed by atoms with E-state index in [1.54, 1.807) is 0 Å². The zero-order chi connectivity index (χ0) is 15.0. The molecule has 2 rings (SSSR count). The van der Waals surface area contributed by atoms with Crippen LogP contribution in [-0.2, 0) is 5.41 Å². The molecule has 1 heterocycles. The molecule has 112 valence electrons. The van der Waals surface area contributed by atoms with Gasteiger partial charge in [0.1, 0.15) is 0 Å². The van der Waals surface area contributed by atoms with E-state index in [2.05, 4.69) is 65.1 Å². The Morgan fingerprint density at radius 2 is 2.00 bits per heavy atom. The minimum absolute atomic E-state index is 0.298. The fourth-order valence-electron chi connectivity index (χ4n) is 4.09. The van der Waals surface area contributed by atoms with Crippen LogP contribution in [0.2, 0.25) is 0 Å². The van der Waals surface area contributed by atoms with E-state index in [-0.39, 0.29) is 0 Å². The monoisotopic (exact) mass is 273 g/mol. The zero-order valence-corrected chi connectivity index (χ0v) is 14.1. The SMILES string of the molecule is CCC[C@@H]1C[C@@](C)(CC(C)(C)C)c2ccc(C)cc2N1. The van der Waals surface area contributed by atoms with E-state index in [0.717, 1.165) is 0 Å². The minimum Gasteiger partial charge on any atom is -0.382 e. The van der Waals surface area contributed by atoms with E-state index in [9.17, 15) is 0 Å².